The van der Waals surface area contributed by atoms with E-state index in [1.807, 2.05) is 6.07 Å². The molecular formula is C14H14Br2N2O3. The number of benzene rings is 1. The lowest BCUT2D eigenvalue weighted by atomic mass is 10.3. The fourth-order valence-electron chi connectivity index (χ4n) is 1.79. The molecule has 7 heteroatoms. The molecule has 0 aliphatic heterocycles. The summed E-state index contributed by atoms with van der Waals surface area (Å²) < 4.78 is 17.8. The lowest BCUT2D eigenvalue weighted by Crippen LogP contribution is -2.15. The average Bonchev–Trinajstić information content (AvgIpc) is 3.20. The number of oxazole rings is 1. The van der Waals surface area contributed by atoms with Crippen LogP contribution in [0.4, 0.5) is 0 Å². The van der Waals surface area contributed by atoms with Gasteiger partial charge in [-0.15, -0.1) is 0 Å². The van der Waals surface area contributed by atoms with E-state index in [4.69, 9.17) is 13.9 Å². The second kappa shape index (κ2) is 6.37. The third-order valence-electron chi connectivity index (χ3n) is 3.08. The normalized spacial score (nSPS) is 14.2. The number of nitrogens with zero attached hydrogens (tertiary/aromatic N) is 1. The number of hydrogen-bond acceptors (Lipinski definition) is 5. The molecule has 0 amide bonds. The minimum absolute atomic E-state index is 0.223. The van der Waals surface area contributed by atoms with E-state index >= 15 is 0 Å². The zero-order chi connectivity index (χ0) is 14.8. The molecule has 1 fully saturated rings. The van der Waals surface area contributed by atoms with Crippen LogP contribution in [-0.4, -0.2) is 18.1 Å². The Bertz CT molecular complexity index is 641. The summed E-state index contributed by atoms with van der Waals surface area (Å²) in [6, 6.07) is 4.26. The van der Waals surface area contributed by atoms with E-state index in [2.05, 4.69) is 42.2 Å². The van der Waals surface area contributed by atoms with Gasteiger partial charge in [-0.25, -0.2) is 0 Å². The van der Waals surface area contributed by atoms with Crippen molar-refractivity contribution < 1.29 is 13.9 Å². The third kappa shape index (κ3) is 3.78. The molecule has 1 heterocycles. The van der Waals surface area contributed by atoms with Crippen molar-refractivity contribution in [3.63, 3.8) is 0 Å². The lowest BCUT2D eigenvalue weighted by Gasteiger charge is -2.08. The summed E-state index contributed by atoms with van der Waals surface area (Å²) in [5.41, 5.74) is 0.834. The Kier molecular flexibility index (Phi) is 4.51. The van der Waals surface area contributed by atoms with Crippen molar-refractivity contribution in [2.75, 3.05) is 7.11 Å². The van der Waals surface area contributed by atoms with Crippen LogP contribution >= 0.6 is 31.9 Å². The summed E-state index contributed by atoms with van der Waals surface area (Å²) >= 11 is 6.86. The van der Waals surface area contributed by atoms with Gasteiger partial charge in [0.05, 0.1) is 21.7 Å². The van der Waals surface area contributed by atoms with Crippen LogP contribution in [0.5, 0.6) is 17.6 Å². The highest BCUT2D eigenvalue weighted by Gasteiger charge is 2.21. The van der Waals surface area contributed by atoms with Crippen LogP contribution in [-0.2, 0) is 6.54 Å². The van der Waals surface area contributed by atoms with Crippen LogP contribution < -0.4 is 14.8 Å². The lowest BCUT2D eigenvalue weighted by molar-refractivity contribution is 0.328. The third-order valence-corrected chi connectivity index (χ3v) is 4.32. The number of halogens is 2. The van der Waals surface area contributed by atoms with Gasteiger partial charge in [0.15, 0.2) is 0 Å². The van der Waals surface area contributed by atoms with E-state index in [1.54, 1.807) is 19.4 Å². The summed E-state index contributed by atoms with van der Waals surface area (Å²) in [7, 11) is 1.61. The van der Waals surface area contributed by atoms with Crippen LogP contribution in [0.1, 0.15) is 18.5 Å². The van der Waals surface area contributed by atoms with E-state index in [9.17, 15) is 0 Å². The second-order valence-electron chi connectivity index (χ2n) is 4.78. The summed E-state index contributed by atoms with van der Waals surface area (Å²) in [4.78, 5) is 4.30. The average molecular weight is 418 g/mol. The number of hydrogen-bond donors (Lipinski definition) is 1. The van der Waals surface area contributed by atoms with Gasteiger partial charge in [-0.05, 0) is 50.8 Å². The first-order valence-electron chi connectivity index (χ1n) is 6.54. The minimum atomic E-state index is 0.223. The van der Waals surface area contributed by atoms with Crippen molar-refractivity contribution >= 4 is 31.9 Å². The first-order valence-corrected chi connectivity index (χ1v) is 8.13. The Labute approximate surface area is 139 Å². The second-order valence-corrected chi connectivity index (χ2v) is 6.49. The monoisotopic (exact) mass is 416 g/mol. The van der Waals surface area contributed by atoms with E-state index in [1.165, 1.54) is 12.8 Å². The molecule has 1 aromatic carbocycles. The van der Waals surface area contributed by atoms with Gasteiger partial charge < -0.3 is 19.2 Å². The van der Waals surface area contributed by atoms with E-state index in [0.717, 1.165) is 20.4 Å². The predicted molar refractivity (Wildman–Crippen MR) is 84.8 cm³/mol. The standard InChI is InChI=1S/C14H14Br2N2O3/c1-19-12-4-11(16)13(5-10(12)15)21-14-18-9(7-20-14)6-17-8-2-3-8/h4-5,7-8,17H,2-3,6H2,1H3. The zero-order valence-corrected chi connectivity index (χ0v) is 14.5. The molecule has 112 valence electrons. The molecule has 3 rings (SSSR count). The molecule has 1 aliphatic rings. The van der Waals surface area contributed by atoms with Gasteiger partial charge in [-0.3, -0.25) is 0 Å². The Hall–Kier alpha value is -1.05. The van der Waals surface area contributed by atoms with Crippen LogP contribution in [0, 0.1) is 0 Å². The van der Waals surface area contributed by atoms with Crippen LogP contribution in [0.3, 0.4) is 0 Å². The molecule has 0 bridgehead atoms. The highest BCUT2D eigenvalue weighted by Crippen LogP contribution is 2.37. The van der Waals surface area contributed by atoms with Gasteiger partial charge in [0.1, 0.15) is 17.8 Å². The maximum Gasteiger partial charge on any atom is 0.399 e. The molecule has 2 aromatic rings. The quantitative estimate of drug-likeness (QED) is 0.761. The van der Waals surface area contributed by atoms with Crippen LogP contribution in [0.15, 0.2) is 31.8 Å². The number of rotatable bonds is 6. The Morgan fingerprint density at radius 3 is 2.71 bits per heavy atom. The molecule has 21 heavy (non-hydrogen) atoms. The first kappa shape index (κ1) is 14.9. The maximum atomic E-state index is 5.65. The van der Waals surface area contributed by atoms with Crippen molar-refractivity contribution in [2.24, 2.45) is 0 Å². The van der Waals surface area contributed by atoms with Crippen molar-refractivity contribution in [3.8, 4) is 17.6 Å². The number of aromatic nitrogens is 1. The summed E-state index contributed by atoms with van der Waals surface area (Å²) in [5.74, 6) is 1.32. The van der Waals surface area contributed by atoms with Gasteiger partial charge in [-0.1, -0.05) is 0 Å². The van der Waals surface area contributed by atoms with E-state index in [0.29, 0.717) is 18.3 Å². The van der Waals surface area contributed by atoms with E-state index < -0.39 is 0 Å². The number of methoxy groups -OCH3 is 1. The molecule has 0 radical (unpaired) electrons. The van der Waals surface area contributed by atoms with Gasteiger partial charge in [0, 0.05) is 18.7 Å². The van der Waals surface area contributed by atoms with Crippen molar-refractivity contribution in [1.82, 2.24) is 10.3 Å². The predicted octanol–water partition coefficient (Wildman–Crippen LogP) is 4.25. The highest BCUT2D eigenvalue weighted by atomic mass is 79.9. The van der Waals surface area contributed by atoms with Gasteiger partial charge in [0.25, 0.3) is 0 Å². The van der Waals surface area contributed by atoms with Gasteiger partial charge >= 0.3 is 6.08 Å². The summed E-state index contributed by atoms with van der Waals surface area (Å²) in [5, 5.41) is 3.37. The summed E-state index contributed by atoms with van der Waals surface area (Å²) in [6.45, 7) is 0.699. The van der Waals surface area contributed by atoms with Crippen LogP contribution in [0.2, 0.25) is 0 Å². The molecule has 0 unspecified atom stereocenters. The van der Waals surface area contributed by atoms with Gasteiger partial charge in [-0.2, -0.15) is 4.98 Å². The molecule has 1 N–H and O–H groups in total. The topological polar surface area (TPSA) is 56.5 Å². The molecule has 1 aliphatic carbocycles. The number of nitrogens with one attached hydrogen (secondary N) is 1. The van der Waals surface area contributed by atoms with Crippen molar-refractivity contribution in [1.29, 1.82) is 0 Å². The SMILES string of the molecule is COc1cc(Br)c(Oc2nc(CNC3CC3)co2)cc1Br. The molecule has 0 atom stereocenters. The smallest absolute Gasteiger partial charge is 0.399 e. The molecule has 0 spiro atoms. The highest BCUT2D eigenvalue weighted by molar-refractivity contribution is 9.11. The zero-order valence-electron chi connectivity index (χ0n) is 11.4. The number of ether oxygens (including phenoxy) is 2. The Morgan fingerprint density at radius 2 is 2.00 bits per heavy atom. The fourth-order valence-corrected chi connectivity index (χ4v) is 2.68. The molecule has 0 saturated heterocycles. The van der Waals surface area contributed by atoms with Crippen LogP contribution in [0.25, 0.3) is 0 Å². The minimum Gasteiger partial charge on any atom is -0.496 e. The van der Waals surface area contributed by atoms with Gasteiger partial charge in [0.2, 0.25) is 0 Å². The van der Waals surface area contributed by atoms with Crippen molar-refractivity contribution in [3.05, 3.63) is 33.0 Å². The largest absolute Gasteiger partial charge is 0.496 e. The molecule has 1 aromatic heterocycles. The van der Waals surface area contributed by atoms with Crippen molar-refractivity contribution in [2.45, 2.75) is 25.4 Å². The molecule has 5 nitrogen and oxygen atoms in total. The fraction of sp³-hybridized carbons (Fsp3) is 0.357. The maximum absolute atomic E-state index is 5.65. The Morgan fingerprint density at radius 1 is 1.29 bits per heavy atom. The first-order chi connectivity index (χ1) is 10.2. The molecule has 1 saturated carbocycles. The summed E-state index contributed by atoms with van der Waals surface area (Å²) in [6.07, 6.45) is 4.32. The Balaban J connectivity index is 1.69. The molecular weight excluding hydrogens is 404 g/mol. The van der Waals surface area contributed by atoms with E-state index in [-0.39, 0.29) is 6.08 Å².